The van der Waals surface area contributed by atoms with Gasteiger partial charge >= 0.3 is 0 Å². The topological polar surface area (TPSA) is 79.2 Å². The highest BCUT2D eigenvalue weighted by molar-refractivity contribution is 6.51. The lowest BCUT2D eigenvalue weighted by Crippen LogP contribution is -2.22. The maximum Gasteiger partial charge on any atom is 0.176 e. The second-order valence-electron chi connectivity index (χ2n) is 3.92. The zero-order chi connectivity index (χ0) is 9.36. The summed E-state index contributed by atoms with van der Waals surface area (Å²) in [4.78, 5) is 0. The number of allylic oxidation sites excluding steroid dienone is 1. The quantitative estimate of drug-likeness (QED) is 0.417. The summed E-state index contributed by atoms with van der Waals surface area (Å²) < 4.78 is 5.80. The van der Waals surface area contributed by atoms with Gasteiger partial charge in [-0.15, -0.1) is 6.58 Å². The molecular formula is C11H28N2OSi. The molecule has 15 heavy (non-hydrogen) atoms. The predicted molar refractivity (Wildman–Crippen MR) is 70.7 cm³/mol. The summed E-state index contributed by atoms with van der Waals surface area (Å²) in [7, 11) is -0.704. The van der Waals surface area contributed by atoms with Crippen LogP contribution in [0.25, 0.3) is 0 Å². The third-order valence-electron chi connectivity index (χ3n) is 2.71. The summed E-state index contributed by atoms with van der Waals surface area (Å²) in [5, 5.41) is 0. The van der Waals surface area contributed by atoms with Gasteiger partial charge in [-0.1, -0.05) is 25.3 Å². The highest BCUT2D eigenvalue weighted by atomic mass is 28.3. The molecule has 1 rings (SSSR count). The molecule has 1 aliphatic rings. The van der Waals surface area contributed by atoms with Gasteiger partial charge < -0.3 is 16.7 Å². The van der Waals surface area contributed by atoms with E-state index < -0.39 is 9.04 Å². The highest BCUT2D eigenvalue weighted by Crippen LogP contribution is 2.17. The molecule has 0 aromatic carbocycles. The molecule has 0 radical (unpaired) electrons. The summed E-state index contributed by atoms with van der Waals surface area (Å²) >= 11 is 0. The SMILES string of the molecule is C=CCCCCC[SiH]1CCCCO1.N.N. The summed E-state index contributed by atoms with van der Waals surface area (Å²) in [6.07, 6.45) is 10.0. The molecule has 6 N–H and O–H groups in total. The van der Waals surface area contributed by atoms with Crippen LogP contribution < -0.4 is 12.3 Å². The molecule has 1 atom stereocenters. The van der Waals surface area contributed by atoms with Crippen LogP contribution in [0.2, 0.25) is 12.1 Å². The monoisotopic (exact) mass is 232 g/mol. The van der Waals surface area contributed by atoms with Gasteiger partial charge in [0.15, 0.2) is 9.04 Å². The van der Waals surface area contributed by atoms with Crippen molar-refractivity contribution in [2.75, 3.05) is 6.61 Å². The second kappa shape index (κ2) is 11.9. The van der Waals surface area contributed by atoms with Gasteiger partial charge in [0.2, 0.25) is 0 Å². The molecule has 0 bridgehead atoms. The van der Waals surface area contributed by atoms with Crippen molar-refractivity contribution < 1.29 is 4.43 Å². The maximum atomic E-state index is 5.80. The molecular weight excluding hydrogens is 204 g/mol. The van der Waals surface area contributed by atoms with E-state index in [0.29, 0.717) is 0 Å². The molecule has 1 unspecified atom stereocenters. The molecule has 0 aromatic rings. The first-order valence-corrected chi connectivity index (χ1v) is 7.76. The Morgan fingerprint density at radius 2 is 1.93 bits per heavy atom. The van der Waals surface area contributed by atoms with Gasteiger partial charge in [-0.05, 0) is 31.4 Å². The van der Waals surface area contributed by atoms with E-state index in [1.54, 1.807) is 0 Å². The van der Waals surface area contributed by atoms with Crippen LogP contribution in [0.4, 0.5) is 0 Å². The van der Waals surface area contributed by atoms with E-state index in [1.807, 2.05) is 6.08 Å². The number of unbranched alkanes of at least 4 members (excludes halogenated alkanes) is 3. The van der Waals surface area contributed by atoms with Crippen LogP contribution in [0.15, 0.2) is 12.7 Å². The van der Waals surface area contributed by atoms with Gasteiger partial charge in [-0.2, -0.15) is 0 Å². The van der Waals surface area contributed by atoms with Crippen LogP contribution in [0.5, 0.6) is 0 Å². The smallest absolute Gasteiger partial charge is 0.176 e. The minimum Gasteiger partial charge on any atom is -0.420 e. The van der Waals surface area contributed by atoms with Crippen molar-refractivity contribution in [2.45, 2.75) is 50.6 Å². The number of hydrogen-bond donors (Lipinski definition) is 2. The largest absolute Gasteiger partial charge is 0.420 e. The van der Waals surface area contributed by atoms with E-state index >= 15 is 0 Å². The molecule has 0 amide bonds. The van der Waals surface area contributed by atoms with Gasteiger partial charge in [0.05, 0.1) is 0 Å². The van der Waals surface area contributed by atoms with Gasteiger partial charge in [0.25, 0.3) is 0 Å². The molecule has 92 valence electrons. The van der Waals surface area contributed by atoms with Crippen molar-refractivity contribution in [3.8, 4) is 0 Å². The predicted octanol–water partition coefficient (Wildman–Crippen LogP) is 3.59. The average Bonchev–Trinajstić information content (AvgIpc) is 2.19. The lowest BCUT2D eigenvalue weighted by atomic mass is 10.2. The fraction of sp³-hybridized carbons (Fsp3) is 0.818. The van der Waals surface area contributed by atoms with Gasteiger partial charge in [0, 0.05) is 6.61 Å². The Labute approximate surface area is 96.2 Å². The second-order valence-corrected chi connectivity index (χ2v) is 6.65. The van der Waals surface area contributed by atoms with Gasteiger partial charge in [-0.25, -0.2) is 0 Å². The zero-order valence-electron chi connectivity index (χ0n) is 10.0. The van der Waals surface area contributed by atoms with Crippen molar-refractivity contribution in [1.29, 1.82) is 0 Å². The summed E-state index contributed by atoms with van der Waals surface area (Å²) in [6, 6.07) is 2.85. The van der Waals surface area contributed by atoms with Crippen molar-refractivity contribution in [3.63, 3.8) is 0 Å². The first-order valence-electron chi connectivity index (χ1n) is 5.66. The fourth-order valence-corrected chi connectivity index (χ4v) is 4.48. The number of rotatable bonds is 6. The van der Waals surface area contributed by atoms with Crippen LogP contribution in [0.1, 0.15) is 38.5 Å². The lowest BCUT2D eigenvalue weighted by molar-refractivity contribution is 0.285. The Balaban J connectivity index is 0. The highest BCUT2D eigenvalue weighted by Gasteiger charge is 2.14. The van der Waals surface area contributed by atoms with Crippen LogP contribution >= 0.6 is 0 Å². The fourth-order valence-electron chi connectivity index (χ4n) is 1.87. The van der Waals surface area contributed by atoms with Crippen LogP contribution in [0, 0.1) is 0 Å². The molecule has 0 aliphatic carbocycles. The molecule has 4 heteroatoms. The summed E-state index contributed by atoms with van der Waals surface area (Å²) in [5.41, 5.74) is 0. The van der Waals surface area contributed by atoms with Crippen LogP contribution in [-0.4, -0.2) is 15.6 Å². The lowest BCUT2D eigenvalue weighted by Gasteiger charge is -2.20. The first-order chi connectivity index (χ1) is 6.43. The van der Waals surface area contributed by atoms with Crippen LogP contribution in [-0.2, 0) is 4.43 Å². The van der Waals surface area contributed by atoms with Crippen molar-refractivity contribution in [3.05, 3.63) is 12.7 Å². The van der Waals surface area contributed by atoms with E-state index in [-0.39, 0.29) is 12.3 Å². The van der Waals surface area contributed by atoms with E-state index in [2.05, 4.69) is 6.58 Å². The number of hydrogen-bond acceptors (Lipinski definition) is 3. The molecule has 1 heterocycles. The normalized spacial score (nSPS) is 19.9. The van der Waals surface area contributed by atoms with Crippen LogP contribution in [0.3, 0.4) is 0 Å². The maximum absolute atomic E-state index is 5.80. The average molecular weight is 232 g/mol. The minimum atomic E-state index is -0.704. The Morgan fingerprint density at radius 1 is 1.13 bits per heavy atom. The Kier molecular flexibility index (Phi) is 13.7. The zero-order valence-corrected chi connectivity index (χ0v) is 11.2. The molecule has 0 aromatic heterocycles. The molecule has 1 saturated heterocycles. The molecule has 1 aliphatic heterocycles. The van der Waals surface area contributed by atoms with E-state index in [9.17, 15) is 0 Å². The van der Waals surface area contributed by atoms with E-state index in [0.717, 1.165) is 6.61 Å². The van der Waals surface area contributed by atoms with Crippen molar-refractivity contribution >= 4 is 9.04 Å². The third kappa shape index (κ3) is 8.81. The van der Waals surface area contributed by atoms with E-state index in [4.69, 9.17) is 4.43 Å². The Hall–Kier alpha value is -0.163. The Morgan fingerprint density at radius 3 is 2.53 bits per heavy atom. The van der Waals surface area contributed by atoms with Crippen molar-refractivity contribution in [1.82, 2.24) is 12.3 Å². The molecule has 0 saturated carbocycles. The van der Waals surface area contributed by atoms with Crippen molar-refractivity contribution in [2.24, 2.45) is 0 Å². The minimum absolute atomic E-state index is 0. The van der Waals surface area contributed by atoms with Gasteiger partial charge in [0.1, 0.15) is 0 Å². The third-order valence-corrected chi connectivity index (χ3v) is 5.52. The standard InChI is InChI=1S/C11H22OSi.2H3N/c1-2-3-4-5-7-10-13-11-8-6-9-12-13;;/h2,13H,1,3-11H2;2*1H3. The van der Waals surface area contributed by atoms with Gasteiger partial charge in [-0.3, -0.25) is 0 Å². The first kappa shape index (κ1) is 17.2. The molecule has 0 spiro atoms. The summed E-state index contributed by atoms with van der Waals surface area (Å²) in [5.74, 6) is 0. The van der Waals surface area contributed by atoms with E-state index in [1.165, 1.54) is 50.6 Å². The molecule has 1 fully saturated rings. The Bertz CT molecular complexity index is 139. The molecule has 3 nitrogen and oxygen atoms in total. The summed E-state index contributed by atoms with van der Waals surface area (Å²) in [6.45, 7) is 4.79.